The molecule has 5 nitrogen and oxygen atoms in total. The van der Waals surface area contributed by atoms with E-state index in [1.807, 2.05) is 36.6 Å². The molecule has 0 aromatic heterocycles. The lowest BCUT2D eigenvalue weighted by Gasteiger charge is -2.06. The second kappa shape index (κ2) is 9.54. The van der Waals surface area contributed by atoms with Crippen LogP contribution in [0.15, 0.2) is 59.5 Å². The molecule has 0 radical (unpaired) electrons. The van der Waals surface area contributed by atoms with Crippen molar-refractivity contribution in [2.24, 2.45) is 0 Å². The van der Waals surface area contributed by atoms with E-state index < -0.39 is 5.97 Å². The molecule has 0 bridgehead atoms. The van der Waals surface area contributed by atoms with Gasteiger partial charge in [0.15, 0.2) is 6.61 Å². The molecule has 0 aliphatic carbocycles. The second-order valence-electron chi connectivity index (χ2n) is 4.99. The van der Waals surface area contributed by atoms with Crippen molar-refractivity contribution in [1.29, 1.82) is 0 Å². The summed E-state index contributed by atoms with van der Waals surface area (Å²) in [5, 5.41) is 2.69. The van der Waals surface area contributed by atoms with Gasteiger partial charge in [0.05, 0.1) is 7.11 Å². The van der Waals surface area contributed by atoms with Crippen LogP contribution < -0.4 is 10.1 Å². The van der Waals surface area contributed by atoms with E-state index in [9.17, 15) is 9.59 Å². The summed E-state index contributed by atoms with van der Waals surface area (Å²) in [7, 11) is 1.59. The van der Waals surface area contributed by atoms with Gasteiger partial charge in [0.2, 0.25) is 0 Å². The summed E-state index contributed by atoms with van der Waals surface area (Å²) >= 11 is 1.58. The third-order valence-corrected chi connectivity index (χ3v) is 3.95. The molecule has 6 heteroatoms. The summed E-state index contributed by atoms with van der Waals surface area (Å²) in [6.07, 6.45) is 4.85. The Morgan fingerprint density at radius 2 is 1.92 bits per heavy atom. The number of anilines is 1. The molecule has 0 fully saturated rings. The van der Waals surface area contributed by atoms with E-state index in [0.29, 0.717) is 5.69 Å². The third kappa shape index (κ3) is 6.35. The average Bonchev–Trinajstić information content (AvgIpc) is 2.65. The summed E-state index contributed by atoms with van der Waals surface area (Å²) in [5.41, 5.74) is 1.50. The Bertz CT molecular complexity index is 756. The Labute approximate surface area is 151 Å². The van der Waals surface area contributed by atoms with Gasteiger partial charge < -0.3 is 14.8 Å². The zero-order chi connectivity index (χ0) is 18.1. The lowest BCUT2D eigenvalue weighted by molar-refractivity contribution is -0.142. The van der Waals surface area contributed by atoms with Crippen LogP contribution in [0, 0.1) is 0 Å². The first-order valence-corrected chi connectivity index (χ1v) is 8.76. The Kier molecular flexibility index (Phi) is 7.10. The van der Waals surface area contributed by atoms with E-state index in [2.05, 4.69) is 5.32 Å². The van der Waals surface area contributed by atoms with Crippen LogP contribution in [0.4, 0.5) is 5.69 Å². The largest absolute Gasteiger partial charge is 0.497 e. The van der Waals surface area contributed by atoms with Gasteiger partial charge >= 0.3 is 5.97 Å². The number of benzene rings is 2. The molecule has 2 aromatic carbocycles. The van der Waals surface area contributed by atoms with Crippen LogP contribution in [0.25, 0.3) is 6.08 Å². The molecule has 1 amide bonds. The number of nitrogens with one attached hydrogen (secondary N) is 1. The highest BCUT2D eigenvalue weighted by molar-refractivity contribution is 7.98. The first-order chi connectivity index (χ1) is 12.1. The predicted molar refractivity (Wildman–Crippen MR) is 99.8 cm³/mol. The topological polar surface area (TPSA) is 64.6 Å². The van der Waals surface area contributed by atoms with Gasteiger partial charge in [-0.3, -0.25) is 4.79 Å². The van der Waals surface area contributed by atoms with Crippen LogP contribution in [0.2, 0.25) is 0 Å². The summed E-state index contributed by atoms with van der Waals surface area (Å²) in [5.74, 6) is -0.227. The maximum Gasteiger partial charge on any atom is 0.331 e. The minimum Gasteiger partial charge on any atom is -0.497 e. The first kappa shape index (κ1) is 18.6. The van der Waals surface area contributed by atoms with E-state index in [1.165, 1.54) is 6.08 Å². The molecule has 0 aliphatic heterocycles. The number of hydrogen-bond acceptors (Lipinski definition) is 5. The average molecular weight is 357 g/mol. The molecule has 0 aliphatic rings. The van der Waals surface area contributed by atoms with Crippen molar-refractivity contribution in [1.82, 2.24) is 0 Å². The van der Waals surface area contributed by atoms with Gasteiger partial charge in [-0.15, -0.1) is 11.8 Å². The molecule has 1 N–H and O–H groups in total. The van der Waals surface area contributed by atoms with Gasteiger partial charge in [0.1, 0.15) is 5.75 Å². The van der Waals surface area contributed by atoms with Crippen molar-refractivity contribution in [3.63, 3.8) is 0 Å². The first-order valence-electron chi connectivity index (χ1n) is 7.53. The van der Waals surface area contributed by atoms with Crippen molar-refractivity contribution in [3.05, 3.63) is 60.2 Å². The third-order valence-electron chi connectivity index (χ3n) is 3.23. The van der Waals surface area contributed by atoms with E-state index in [0.717, 1.165) is 16.2 Å². The van der Waals surface area contributed by atoms with E-state index in [-0.39, 0.29) is 12.5 Å². The van der Waals surface area contributed by atoms with Crippen molar-refractivity contribution < 1.29 is 19.1 Å². The van der Waals surface area contributed by atoms with Crippen LogP contribution >= 0.6 is 11.8 Å². The number of methoxy groups -OCH3 is 1. The number of ether oxygens (including phenoxy) is 2. The lowest BCUT2D eigenvalue weighted by atomic mass is 10.2. The van der Waals surface area contributed by atoms with Crippen LogP contribution in [0.5, 0.6) is 5.75 Å². The van der Waals surface area contributed by atoms with Crippen LogP contribution in [-0.2, 0) is 14.3 Å². The fourth-order valence-electron chi connectivity index (χ4n) is 1.96. The Morgan fingerprint density at radius 3 is 2.60 bits per heavy atom. The molecule has 0 atom stereocenters. The molecule has 2 aromatic rings. The van der Waals surface area contributed by atoms with Gasteiger partial charge in [0, 0.05) is 16.7 Å². The molecule has 0 unspecified atom stereocenters. The Morgan fingerprint density at radius 1 is 1.16 bits per heavy atom. The second-order valence-corrected chi connectivity index (χ2v) is 5.87. The number of carbonyl (C=O) groups is 2. The maximum absolute atomic E-state index is 11.8. The number of esters is 1. The normalized spacial score (nSPS) is 10.5. The minimum absolute atomic E-state index is 0.338. The molecule has 0 spiro atoms. The van der Waals surface area contributed by atoms with E-state index in [4.69, 9.17) is 9.47 Å². The maximum atomic E-state index is 11.8. The molecule has 25 heavy (non-hydrogen) atoms. The Balaban J connectivity index is 1.80. The molecule has 0 saturated heterocycles. The summed E-state index contributed by atoms with van der Waals surface area (Å²) in [6, 6.07) is 14.6. The van der Waals surface area contributed by atoms with E-state index >= 15 is 0 Å². The number of rotatable bonds is 7. The fraction of sp³-hybridized carbons (Fsp3) is 0.158. The number of hydrogen-bond donors (Lipinski definition) is 1. The monoisotopic (exact) mass is 357 g/mol. The minimum atomic E-state index is -0.580. The van der Waals surface area contributed by atoms with Crippen molar-refractivity contribution in [3.8, 4) is 5.75 Å². The Hall–Kier alpha value is -2.73. The summed E-state index contributed by atoms with van der Waals surface area (Å²) in [6.45, 7) is -0.338. The van der Waals surface area contributed by atoms with Crippen LogP contribution in [-0.4, -0.2) is 31.8 Å². The van der Waals surface area contributed by atoms with Crippen molar-refractivity contribution in [2.75, 3.05) is 25.3 Å². The predicted octanol–water partition coefficient (Wildman–Crippen LogP) is 3.61. The zero-order valence-corrected chi connectivity index (χ0v) is 14.8. The lowest BCUT2D eigenvalue weighted by Crippen LogP contribution is -2.20. The number of thioether (sulfide) groups is 1. The zero-order valence-electron chi connectivity index (χ0n) is 14.0. The number of amides is 1. The highest BCUT2D eigenvalue weighted by Gasteiger charge is 2.06. The highest BCUT2D eigenvalue weighted by Crippen LogP contribution is 2.18. The number of carbonyl (C=O) groups excluding carboxylic acids is 2. The van der Waals surface area contributed by atoms with Gasteiger partial charge in [-0.2, -0.15) is 0 Å². The van der Waals surface area contributed by atoms with Gasteiger partial charge in [-0.1, -0.05) is 18.2 Å². The smallest absolute Gasteiger partial charge is 0.331 e. The SMILES string of the molecule is COc1ccc(/C=C/C(=O)OCC(=O)Nc2cccc(SC)c2)cc1. The molecular formula is C19H19NO4S. The van der Waals surface area contributed by atoms with Gasteiger partial charge in [0.25, 0.3) is 5.91 Å². The van der Waals surface area contributed by atoms with Crippen LogP contribution in [0.1, 0.15) is 5.56 Å². The fourth-order valence-corrected chi connectivity index (χ4v) is 2.42. The summed E-state index contributed by atoms with van der Waals surface area (Å²) in [4.78, 5) is 24.5. The van der Waals surface area contributed by atoms with E-state index in [1.54, 1.807) is 43.1 Å². The molecule has 0 saturated carbocycles. The van der Waals surface area contributed by atoms with Crippen molar-refractivity contribution in [2.45, 2.75) is 4.90 Å². The molecular weight excluding hydrogens is 338 g/mol. The molecule has 2 rings (SSSR count). The molecule has 130 valence electrons. The van der Waals surface area contributed by atoms with Gasteiger partial charge in [-0.05, 0) is 48.2 Å². The molecule has 0 heterocycles. The standard InChI is InChI=1S/C19H19NO4S/c1-23-16-9-6-14(7-10-16)8-11-19(22)24-13-18(21)20-15-4-3-5-17(12-15)25-2/h3-12H,13H2,1-2H3,(H,20,21)/b11-8+. The summed E-state index contributed by atoms with van der Waals surface area (Å²) < 4.78 is 9.99. The van der Waals surface area contributed by atoms with Gasteiger partial charge in [-0.25, -0.2) is 4.79 Å². The van der Waals surface area contributed by atoms with Crippen molar-refractivity contribution >= 4 is 35.4 Å². The highest BCUT2D eigenvalue weighted by atomic mass is 32.2. The quantitative estimate of drug-likeness (QED) is 0.466. The van der Waals surface area contributed by atoms with Crippen LogP contribution in [0.3, 0.4) is 0 Å².